The summed E-state index contributed by atoms with van der Waals surface area (Å²) in [6.07, 6.45) is 7.38. The zero-order valence-corrected chi connectivity index (χ0v) is 7.48. The molecule has 1 nitrogen and oxygen atoms in total. The standard InChI is InChI=1S/C8H8ClN.ClH/c9-5-1-2-8-3-6-10-7-4-8;/h1-4,6-7H,5H2;1H. The Balaban J connectivity index is 0.000001000. The summed E-state index contributed by atoms with van der Waals surface area (Å²) in [4.78, 5) is 3.89. The molecule has 1 aromatic rings. The first-order valence-electron chi connectivity index (χ1n) is 3.06. The van der Waals surface area contributed by atoms with Gasteiger partial charge in [0.1, 0.15) is 0 Å². The zero-order chi connectivity index (χ0) is 7.23. The topological polar surface area (TPSA) is 12.9 Å². The van der Waals surface area contributed by atoms with E-state index in [9.17, 15) is 0 Å². The molecule has 1 heterocycles. The number of hydrogen-bond donors (Lipinski definition) is 0. The Labute approximate surface area is 77.5 Å². The maximum Gasteiger partial charge on any atom is 0.0407 e. The predicted octanol–water partition coefficient (Wildman–Crippen LogP) is 2.76. The largest absolute Gasteiger partial charge is 0.265 e. The lowest BCUT2D eigenvalue weighted by molar-refractivity contribution is 1.32. The van der Waals surface area contributed by atoms with Gasteiger partial charge >= 0.3 is 0 Å². The molecule has 0 aromatic carbocycles. The quantitative estimate of drug-likeness (QED) is 0.653. The van der Waals surface area contributed by atoms with Gasteiger partial charge in [0, 0.05) is 18.3 Å². The van der Waals surface area contributed by atoms with Gasteiger partial charge in [0.15, 0.2) is 0 Å². The van der Waals surface area contributed by atoms with Crippen molar-refractivity contribution in [2.24, 2.45) is 0 Å². The van der Waals surface area contributed by atoms with Gasteiger partial charge in [-0.1, -0.05) is 12.2 Å². The molecule has 0 bridgehead atoms. The van der Waals surface area contributed by atoms with Gasteiger partial charge < -0.3 is 0 Å². The molecule has 1 rings (SSSR count). The van der Waals surface area contributed by atoms with E-state index in [0.717, 1.165) is 5.56 Å². The monoisotopic (exact) mass is 189 g/mol. The Bertz CT molecular complexity index is 209. The van der Waals surface area contributed by atoms with Gasteiger partial charge in [-0.05, 0) is 17.7 Å². The summed E-state index contributed by atoms with van der Waals surface area (Å²) in [6, 6.07) is 3.87. The molecular formula is C8H9Cl2N. The van der Waals surface area contributed by atoms with Gasteiger partial charge in [0.25, 0.3) is 0 Å². The SMILES string of the molecule is Cl.ClCC=Cc1ccncc1. The molecule has 0 saturated heterocycles. The van der Waals surface area contributed by atoms with Crippen LogP contribution in [0.25, 0.3) is 6.08 Å². The number of alkyl halides is 1. The normalized spacial score (nSPS) is 9.55. The number of hydrogen-bond acceptors (Lipinski definition) is 1. The van der Waals surface area contributed by atoms with Crippen LogP contribution in [-0.2, 0) is 0 Å². The maximum absolute atomic E-state index is 5.45. The van der Waals surface area contributed by atoms with Gasteiger partial charge in [0.05, 0.1) is 0 Å². The molecule has 0 spiro atoms. The molecule has 60 valence electrons. The molecule has 0 amide bonds. The molecule has 0 aliphatic rings. The van der Waals surface area contributed by atoms with Crippen LogP contribution in [0, 0.1) is 0 Å². The van der Waals surface area contributed by atoms with Crippen LogP contribution < -0.4 is 0 Å². The van der Waals surface area contributed by atoms with E-state index in [-0.39, 0.29) is 12.4 Å². The molecule has 3 heteroatoms. The van der Waals surface area contributed by atoms with Gasteiger partial charge in [0.2, 0.25) is 0 Å². The summed E-state index contributed by atoms with van der Waals surface area (Å²) in [7, 11) is 0. The van der Waals surface area contributed by atoms with E-state index in [1.54, 1.807) is 12.4 Å². The maximum atomic E-state index is 5.45. The van der Waals surface area contributed by atoms with Gasteiger partial charge in [-0.2, -0.15) is 0 Å². The predicted molar refractivity (Wildman–Crippen MR) is 51.2 cm³/mol. The molecule has 1 aromatic heterocycles. The van der Waals surface area contributed by atoms with Crippen molar-refractivity contribution in [1.29, 1.82) is 0 Å². The van der Waals surface area contributed by atoms with E-state index >= 15 is 0 Å². The van der Waals surface area contributed by atoms with Gasteiger partial charge in [-0.25, -0.2) is 0 Å². The molecule has 0 unspecified atom stereocenters. The third kappa shape index (κ3) is 4.02. The van der Waals surface area contributed by atoms with Crippen LogP contribution in [0.3, 0.4) is 0 Å². The lowest BCUT2D eigenvalue weighted by atomic mass is 10.2. The van der Waals surface area contributed by atoms with Crippen LogP contribution in [0.5, 0.6) is 0 Å². The van der Waals surface area contributed by atoms with Crippen LogP contribution in [0.2, 0.25) is 0 Å². The van der Waals surface area contributed by atoms with Crippen molar-refractivity contribution in [3.05, 3.63) is 36.2 Å². The van der Waals surface area contributed by atoms with Crippen molar-refractivity contribution in [1.82, 2.24) is 4.98 Å². The minimum Gasteiger partial charge on any atom is -0.265 e. The fourth-order valence-electron chi connectivity index (χ4n) is 0.655. The Hall–Kier alpha value is -0.530. The van der Waals surface area contributed by atoms with Crippen molar-refractivity contribution >= 4 is 30.1 Å². The van der Waals surface area contributed by atoms with E-state index in [4.69, 9.17) is 11.6 Å². The Morgan fingerprint density at radius 3 is 2.55 bits per heavy atom. The van der Waals surface area contributed by atoms with Crippen LogP contribution in [0.4, 0.5) is 0 Å². The minimum absolute atomic E-state index is 0. The first-order valence-corrected chi connectivity index (χ1v) is 3.59. The summed E-state index contributed by atoms with van der Waals surface area (Å²) < 4.78 is 0. The summed E-state index contributed by atoms with van der Waals surface area (Å²) in [5, 5.41) is 0. The molecule has 0 N–H and O–H groups in total. The highest BCUT2D eigenvalue weighted by Gasteiger charge is 1.80. The van der Waals surface area contributed by atoms with E-state index in [2.05, 4.69) is 4.98 Å². The minimum atomic E-state index is 0. The van der Waals surface area contributed by atoms with Crippen LogP contribution in [-0.4, -0.2) is 10.9 Å². The molecular weight excluding hydrogens is 181 g/mol. The average molecular weight is 190 g/mol. The van der Waals surface area contributed by atoms with Crippen molar-refractivity contribution in [3.8, 4) is 0 Å². The second-order valence-electron chi connectivity index (χ2n) is 1.84. The van der Waals surface area contributed by atoms with E-state index in [1.165, 1.54) is 0 Å². The van der Waals surface area contributed by atoms with Crippen LogP contribution in [0.15, 0.2) is 30.6 Å². The number of pyridine rings is 1. The summed E-state index contributed by atoms with van der Waals surface area (Å²) in [6.45, 7) is 0. The number of nitrogens with zero attached hydrogens (tertiary/aromatic N) is 1. The van der Waals surface area contributed by atoms with Gasteiger partial charge in [-0.15, -0.1) is 24.0 Å². The number of allylic oxidation sites excluding steroid dienone is 1. The lowest BCUT2D eigenvalue weighted by Crippen LogP contribution is -1.71. The van der Waals surface area contributed by atoms with Gasteiger partial charge in [-0.3, -0.25) is 4.98 Å². The van der Waals surface area contributed by atoms with Crippen LogP contribution in [0.1, 0.15) is 5.56 Å². The molecule has 0 radical (unpaired) electrons. The van der Waals surface area contributed by atoms with E-state index in [1.807, 2.05) is 24.3 Å². The molecule has 0 atom stereocenters. The third-order valence-electron chi connectivity index (χ3n) is 1.11. The summed E-state index contributed by atoms with van der Waals surface area (Å²) in [5.41, 5.74) is 1.13. The van der Waals surface area contributed by atoms with Crippen molar-refractivity contribution in [2.45, 2.75) is 0 Å². The number of rotatable bonds is 2. The van der Waals surface area contributed by atoms with Crippen molar-refractivity contribution in [2.75, 3.05) is 5.88 Å². The van der Waals surface area contributed by atoms with Crippen molar-refractivity contribution in [3.63, 3.8) is 0 Å². The lowest BCUT2D eigenvalue weighted by Gasteiger charge is -1.87. The summed E-state index contributed by atoms with van der Waals surface area (Å²) in [5.74, 6) is 0.558. The Morgan fingerprint density at radius 2 is 2.00 bits per heavy atom. The van der Waals surface area contributed by atoms with E-state index < -0.39 is 0 Å². The zero-order valence-electron chi connectivity index (χ0n) is 5.90. The first kappa shape index (κ1) is 10.5. The fourth-order valence-corrected chi connectivity index (χ4v) is 0.744. The molecule has 0 aliphatic heterocycles. The highest BCUT2D eigenvalue weighted by molar-refractivity contribution is 6.19. The highest BCUT2D eigenvalue weighted by atomic mass is 35.5. The first-order chi connectivity index (χ1) is 4.93. The summed E-state index contributed by atoms with van der Waals surface area (Å²) >= 11 is 5.45. The van der Waals surface area contributed by atoms with E-state index in [0.29, 0.717) is 5.88 Å². The third-order valence-corrected chi connectivity index (χ3v) is 1.28. The highest BCUT2D eigenvalue weighted by Crippen LogP contribution is 1.98. The van der Waals surface area contributed by atoms with Crippen LogP contribution >= 0.6 is 24.0 Å². The Morgan fingerprint density at radius 1 is 1.36 bits per heavy atom. The number of halogens is 2. The fraction of sp³-hybridized carbons (Fsp3) is 0.125. The van der Waals surface area contributed by atoms with Crippen molar-refractivity contribution < 1.29 is 0 Å². The molecule has 0 saturated carbocycles. The second kappa shape index (κ2) is 6.20. The Kier molecular flexibility index (Phi) is 5.90. The molecule has 0 aliphatic carbocycles. The number of aromatic nitrogens is 1. The second-order valence-corrected chi connectivity index (χ2v) is 2.15. The smallest absolute Gasteiger partial charge is 0.0407 e. The molecule has 0 fully saturated rings. The molecule has 11 heavy (non-hydrogen) atoms. The average Bonchev–Trinajstić information content (AvgIpc) is 2.03.